The largest absolute Gasteiger partial charge is 0.467 e. The number of imidazole rings is 1. The van der Waals surface area contributed by atoms with Crippen LogP contribution in [0.15, 0.2) is 58.3 Å². The fraction of sp³-hybridized carbons (Fsp3) is 0.222. The zero-order valence-electron chi connectivity index (χ0n) is 14.1. The Labute approximate surface area is 151 Å². The third kappa shape index (κ3) is 3.05. The lowest BCUT2D eigenvalue weighted by atomic mass is 10.0. The molecule has 0 spiro atoms. The number of para-hydroxylation sites is 2. The minimum Gasteiger partial charge on any atom is -0.467 e. The van der Waals surface area contributed by atoms with Crippen LogP contribution >= 0.6 is 0 Å². The molecule has 0 radical (unpaired) electrons. The van der Waals surface area contributed by atoms with Crippen molar-refractivity contribution in [1.82, 2.24) is 9.55 Å². The quantitative estimate of drug-likeness (QED) is 0.698. The summed E-state index contributed by atoms with van der Waals surface area (Å²) in [6.45, 7) is -0.0754. The predicted molar refractivity (Wildman–Crippen MR) is 89.9 cm³/mol. The van der Waals surface area contributed by atoms with Crippen molar-refractivity contribution in [3.05, 3.63) is 59.7 Å². The Bertz CT molecular complexity index is 1040. The molecule has 2 aromatic heterocycles. The van der Waals surface area contributed by atoms with E-state index in [1.807, 2.05) is 18.2 Å². The summed E-state index contributed by atoms with van der Waals surface area (Å²) in [6, 6.07) is 9.74. The van der Waals surface area contributed by atoms with Gasteiger partial charge in [0.1, 0.15) is 11.8 Å². The van der Waals surface area contributed by atoms with E-state index in [0.29, 0.717) is 28.4 Å². The van der Waals surface area contributed by atoms with E-state index in [9.17, 15) is 18.0 Å². The van der Waals surface area contributed by atoms with E-state index in [4.69, 9.17) is 4.42 Å². The normalized spacial score (nSPS) is 17.0. The molecule has 1 N–H and O–H groups in total. The molecule has 0 aliphatic carbocycles. The maximum absolute atomic E-state index is 12.5. The lowest BCUT2D eigenvalue weighted by Crippen LogP contribution is -2.30. The second kappa shape index (κ2) is 6.19. The fourth-order valence-corrected chi connectivity index (χ4v) is 3.17. The summed E-state index contributed by atoms with van der Waals surface area (Å²) >= 11 is 0. The number of hydrogen-bond acceptors (Lipinski definition) is 5. The fourth-order valence-electron chi connectivity index (χ4n) is 3.17. The van der Waals surface area contributed by atoms with Crippen molar-refractivity contribution in [2.45, 2.75) is 19.1 Å². The number of esters is 1. The van der Waals surface area contributed by atoms with Crippen molar-refractivity contribution in [2.24, 2.45) is 0 Å². The van der Waals surface area contributed by atoms with Crippen molar-refractivity contribution < 1.29 is 27.1 Å². The maximum Gasteiger partial charge on any atom is 0.422 e. The van der Waals surface area contributed by atoms with Gasteiger partial charge in [0.05, 0.1) is 22.9 Å². The molecular weight excluding hydrogens is 363 g/mol. The van der Waals surface area contributed by atoms with Crippen molar-refractivity contribution in [1.29, 1.82) is 0 Å². The van der Waals surface area contributed by atoms with E-state index in [0.717, 1.165) is 0 Å². The molecule has 1 atom stereocenters. The number of rotatable bonds is 3. The molecule has 27 heavy (non-hydrogen) atoms. The summed E-state index contributed by atoms with van der Waals surface area (Å²) in [5.41, 5.74) is 1.76. The first-order chi connectivity index (χ1) is 12.8. The highest BCUT2D eigenvalue weighted by Gasteiger charge is 2.38. The molecule has 1 aromatic carbocycles. The molecule has 0 fully saturated rings. The van der Waals surface area contributed by atoms with Gasteiger partial charge in [-0.05, 0) is 31.2 Å². The van der Waals surface area contributed by atoms with Crippen LogP contribution in [-0.4, -0.2) is 28.3 Å². The summed E-state index contributed by atoms with van der Waals surface area (Å²) in [5.74, 6) is -0.219. The number of anilines is 1. The molecule has 0 saturated carbocycles. The topological polar surface area (TPSA) is 69.3 Å². The Morgan fingerprint density at radius 1 is 1.30 bits per heavy atom. The third-order valence-electron chi connectivity index (χ3n) is 4.23. The zero-order chi connectivity index (χ0) is 19.2. The van der Waals surface area contributed by atoms with Gasteiger partial charge < -0.3 is 14.5 Å². The zero-order valence-corrected chi connectivity index (χ0v) is 14.1. The molecule has 4 rings (SSSR count). The first-order valence-corrected chi connectivity index (χ1v) is 8.07. The number of halogens is 3. The number of furan rings is 1. The van der Waals surface area contributed by atoms with Gasteiger partial charge in [-0.1, -0.05) is 12.1 Å². The molecular formula is C18H14F3N3O3. The molecule has 0 saturated heterocycles. The second-order valence-electron chi connectivity index (χ2n) is 6.07. The van der Waals surface area contributed by atoms with Crippen LogP contribution in [0.3, 0.4) is 0 Å². The number of carbonyl (C=O) groups is 1. The number of nitrogens with one attached hydrogen (secondary N) is 1. The Kier molecular flexibility index (Phi) is 3.94. The number of ether oxygens (including phenoxy) is 1. The third-order valence-corrected chi connectivity index (χ3v) is 4.23. The van der Waals surface area contributed by atoms with Crippen LogP contribution in [0.1, 0.15) is 18.7 Å². The molecule has 1 aliphatic rings. The van der Waals surface area contributed by atoms with Gasteiger partial charge in [0.2, 0.25) is 5.95 Å². The monoisotopic (exact) mass is 377 g/mol. The molecule has 0 amide bonds. The van der Waals surface area contributed by atoms with Gasteiger partial charge in [-0.15, -0.1) is 0 Å². The Morgan fingerprint density at radius 2 is 2.07 bits per heavy atom. The second-order valence-corrected chi connectivity index (χ2v) is 6.07. The number of allylic oxidation sites excluding steroid dienone is 1. The minimum absolute atomic E-state index is 0.0323. The van der Waals surface area contributed by atoms with Crippen molar-refractivity contribution in [3.63, 3.8) is 0 Å². The van der Waals surface area contributed by atoms with E-state index in [1.165, 1.54) is 6.26 Å². The number of alkyl halides is 3. The Balaban J connectivity index is 1.84. The van der Waals surface area contributed by atoms with Crippen LogP contribution in [-0.2, 0) is 9.53 Å². The van der Waals surface area contributed by atoms with Gasteiger partial charge in [-0.3, -0.25) is 4.57 Å². The summed E-state index contributed by atoms with van der Waals surface area (Å²) in [4.78, 5) is 17.0. The number of aromatic nitrogens is 2. The summed E-state index contributed by atoms with van der Waals surface area (Å²) in [6.07, 6.45) is -3.18. The highest BCUT2D eigenvalue weighted by atomic mass is 19.4. The highest BCUT2D eigenvalue weighted by molar-refractivity contribution is 5.93. The number of nitrogens with zero attached hydrogens (tertiary/aromatic N) is 2. The van der Waals surface area contributed by atoms with E-state index in [2.05, 4.69) is 15.0 Å². The minimum atomic E-state index is -4.61. The first kappa shape index (κ1) is 17.2. The molecule has 0 bridgehead atoms. The van der Waals surface area contributed by atoms with E-state index in [1.54, 1.807) is 29.7 Å². The standard InChI is InChI=1S/C18H14F3N3O3/c1-10-14(16(25)27-9-18(19,20)21)15(13-7-4-8-26-13)24-12-6-3-2-5-11(12)23-17(24)22-10/h2-8,15H,9H2,1H3,(H,22,23). The van der Waals surface area contributed by atoms with Gasteiger partial charge in [-0.2, -0.15) is 13.2 Å². The number of fused-ring (bicyclic) bond motifs is 3. The van der Waals surface area contributed by atoms with E-state index >= 15 is 0 Å². The Hall–Kier alpha value is -3.23. The van der Waals surface area contributed by atoms with Crippen LogP contribution in [0.5, 0.6) is 0 Å². The van der Waals surface area contributed by atoms with Crippen LogP contribution in [0, 0.1) is 0 Å². The van der Waals surface area contributed by atoms with Gasteiger partial charge in [0, 0.05) is 5.70 Å². The van der Waals surface area contributed by atoms with Gasteiger partial charge in [-0.25, -0.2) is 9.78 Å². The summed E-state index contributed by atoms with van der Waals surface area (Å²) in [7, 11) is 0. The molecule has 3 aromatic rings. The molecule has 9 heteroatoms. The molecule has 1 unspecified atom stereocenters. The van der Waals surface area contributed by atoms with Gasteiger partial charge in [0.15, 0.2) is 6.61 Å². The highest BCUT2D eigenvalue weighted by Crippen LogP contribution is 2.39. The van der Waals surface area contributed by atoms with Crippen LogP contribution in [0.2, 0.25) is 0 Å². The molecule has 3 heterocycles. The Morgan fingerprint density at radius 3 is 2.78 bits per heavy atom. The molecule has 1 aliphatic heterocycles. The average Bonchev–Trinajstić information content (AvgIpc) is 3.25. The van der Waals surface area contributed by atoms with Crippen LogP contribution in [0.25, 0.3) is 11.0 Å². The van der Waals surface area contributed by atoms with E-state index in [-0.39, 0.29) is 5.57 Å². The summed E-state index contributed by atoms with van der Waals surface area (Å²) in [5, 5.41) is 2.98. The van der Waals surface area contributed by atoms with Gasteiger partial charge in [0.25, 0.3) is 0 Å². The van der Waals surface area contributed by atoms with Crippen molar-refractivity contribution in [3.8, 4) is 0 Å². The first-order valence-electron chi connectivity index (χ1n) is 8.07. The van der Waals surface area contributed by atoms with Crippen molar-refractivity contribution >= 4 is 23.0 Å². The van der Waals surface area contributed by atoms with Gasteiger partial charge >= 0.3 is 12.1 Å². The SMILES string of the molecule is CC1=C(C(=O)OCC(F)(F)F)C(c2ccco2)n2c(nc3ccccc32)N1. The number of benzene rings is 1. The maximum atomic E-state index is 12.5. The van der Waals surface area contributed by atoms with E-state index < -0.39 is 24.8 Å². The van der Waals surface area contributed by atoms with Crippen molar-refractivity contribution in [2.75, 3.05) is 11.9 Å². The lowest BCUT2D eigenvalue weighted by molar-refractivity contribution is -0.183. The van der Waals surface area contributed by atoms with Crippen LogP contribution < -0.4 is 5.32 Å². The van der Waals surface area contributed by atoms with Crippen LogP contribution in [0.4, 0.5) is 19.1 Å². The lowest BCUT2D eigenvalue weighted by Gasteiger charge is -2.28. The molecule has 140 valence electrons. The predicted octanol–water partition coefficient (Wildman–Crippen LogP) is 4.02. The smallest absolute Gasteiger partial charge is 0.422 e. The number of hydrogen-bond donors (Lipinski definition) is 1. The number of carbonyl (C=O) groups excluding carboxylic acids is 1. The summed E-state index contributed by atoms with van der Waals surface area (Å²) < 4.78 is 49.2. The average molecular weight is 377 g/mol. The molecule has 6 nitrogen and oxygen atoms in total.